The summed E-state index contributed by atoms with van der Waals surface area (Å²) in [4.78, 5) is 26.1. The van der Waals surface area contributed by atoms with Gasteiger partial charge in [-0.05, 0) is 63.6 Å². The fourth-order valence-corrected chi connectivity index (χ4v) is 4.35. The lowest BCUT2D eigenvalue weighted by Gasteiger charge is -2.21. The summed E-state index contributed by atoms with van der Waals surface area (Å²) in [6.45, 7) is 5.72. The number of ether oxygens (including phenoxy) is 1. The lowest BCUT2D eigenvalue weighted by atomic mass is 10.2. The van der Waals surface area contributed by atoms with Crippen LogP contribution in [-0.4, -0.2) is 51.4 Å². The highest BCUT2D eigenvalue weighted by atomic mass is 35.5. The van der Waals surface area contributed by atoms with Crippen LogP contribution < -0.4 is 4.31 Å². The van der Waals surface area contributed by atoms with Crippen molar-refractivity contribution >= 4 is 39.2 Å². The minimum Gasteiger partial charge on any atom is -0.460 e. The first-order chi connectivity index (χ1) is 14.8. The molecule has 0 heterocycles. The predicted octanol–water partition coefficient (Wildman–Crippen LogP) is 4.36. The Morgan fingerprint density at radius 1 is 1.03 bits per heavy atom. The van der Waals surface area contributed by atoms with E-state index in [0.29, 0.717) is 23.7 Å². The molecule has 0 atom stereocenters. The lowest BCUT2D eigenvalue weighted by molar-refractivity contribution is -0.154. The van der Waals surface area contributed by atoms with E-state index in [1.165, 1.54) is 30.1 Å². The molecule has 0 aliphatic heterocycles. The maximum absolute atomic E-state index is 13.1. The van der Waals surface area contributed by atoms with Crippen molar-refractivity contribution < 1.29 is 22.7 Å². The number of nitrogens with zero attached hydrogens (tertiary/aromatic N) is 2. The van der Waals surface area contributed by atoms with Gasteiger partial charge >= 0.3 is 5.97 Å². The summed E-state index contributed by atoms with van der Waals surface area (Å²) in [5.41, 5.74) is 0.0991. The van der Waals surface area contributed by atoms with Gasteiger partial charge in [-0.15, -0.1) is 0 Å². The molecule has 9 heteroatoms. The standard InChI is InChI=1S/C23H29ClN2O5S/c1-23(2,3)31-21(27)13-8-14-25(4)22(28)17-9-6-12-20(15-17)32(29,30)26(5)19-11-7-10-18(24)16-19/h6-7,9-12,15-16H,8,13-14H2,1-5H3. The summed E-state index contributed by atoms with van der Waals surface area (Å²) < 4.78 is 32.5. The Kier molecular flexibility index (Phi) is 8.31. The summed E-state index contributed by atoms with van der Waals surface area (Å²) >= 11 is 5.98. The number of carbonyl (C=O) groups excluding carboxylic acids is 2. The molecule has 0 unspecified atom stereocenters. The van der Waals surface area contributed by atoms with Gasteiger partial charge in [-0.2, -0.15) is 0 Å². The second-order valence-corrected chi connectivity index (χ2v) is 10.8. The Morgan fingerprint density at radius 3 is 2.31 bits per heavy atom. The third kappa shape index (κ3) is 6.97. The van der Waals surface area contributed by atoms with Crippen LogP contribution >= 0.6 is 11.6 Å². The topological polar surface area (TPSA) is 84.0 Å². The Labute approximate surface area is 195 Å². The van der Waals surface area contributed by atoms with Gasteiger partial charge in [-0.25, -0.2) is 8.42 Å². The first-order valence-electron chi connectivity index (χ1n) is 10.1. The monoisotopic (exact) mass is 480 g/mol. The fraction of sp³-hybridized carbons (Fsp3) is 0.391. The number of amides is 1. The number of esters is 1. The molecule has 0 N–H and O–H groups in total. The Morgan fingerprint density at radius 2 is 1.69 bits per heavy atom. The molecule has 7 nitrogen and oxygen atoms in total. The zero-order valence-electron chi connectivity index (χ0n) is 19.0. The van der Waals surface area contributed by atoms with E-state index in [-0.39, 0.29) is 28.8 Å². The summed E-state index contributed by atoms with van der Waals surface area (Å²) in [7, 11) is -0.857. The van der Waals surface area contributed by atoms with E-state index >= 15 is 0 Å². The van der Waals surface area contributed by atoms with Gasteiger partial charge < -0.3 is 9.64 Å². The zero-order chi connectivity index (χ0) is 24.1. The van der Waals surface area contributed by atoms with E-state index in [2.05, 4.69) is 0 Å². The van der Waals surface area contributed by atoms with Gasteiger partial charge in [0.2, 0.25) is 0 Å². The van der Waals surface area contributed by atoms with Crippen molar-refractivity contribution in [1.29, 1.82) is 0 Å². The molecule has 2 rings (SSSR count). The van der Waals surface area contributed by atoms with Crippen LogP contribution in [0, 0.1) is 0 Å². The maximum atomic E-state index is 13.1. The SMILES string of the molecule is CN(CCCC(=O)OC(C)(C)C)C(=O)c1cccc(S(=O)(=O)N(C)c2cccc(Cl)c2)c1. The molecule has 174 valence electrons. The average Bonchev–Trinajstić information content (AvgIpc) is 2.71. The molecule has 2 aromatic carbocycles. The molecule has 32 heavy (non-hydrogen) atoms. The molecule has 0 bridgehead atoms. The van der Waals surface area contributed by atoms with Crippen molar-refractivity contribution in [3.05, 3.63) is 59.1 Å². The van der Waals surface area contributed by atoms with Crippen molar-refractivity contribution in [3.8, 4) is 0 Å². The molecule has 0 aliphatic carbocycles. The molecule has 0 fully saturated rings. The van der Waals surface area contributed by atoms with Crippen LogP contribution in [0.4, 0.5) is 5.69 Å². The van der Waals surface area contributed by atoms with Crippen molar-refractivity contribution in [3.63, 3.8) is 0 Å². The highest BCUT2D eigenvalue weighted by molar-refractivity contribution is 7.92. The van der Waals surface area contributed by atoms with Gasteiger partial charge in [0, 0.05) is 37.6 Å². The second kappa shape index (κ2) is 10.4. The summed E-state index contributed by atoms with van der Waals surface area (Å²) in [5.74, 6) is -0.660. The molecule has 1 amide bonds. The lowest BCUT2D eigenvalue weighted by Crippen LogP contribution is -2.30. The third-order valence-electron chi connectivity index (χ3n) is 4.55. The van der Waals surface area contributed by atoms with Crippen LogP contribution in [0.5, 0.6) is 0 Å². The van der Waals surface area contributed by atoms with Crippen molar-refractivity contribution in [2.45, 2.75) is 44.1 Å². The number of carbonyl (C=O) groups is 2. The van der Waals surface area contributed by atoms with Gasteiger partial charge in [0.15, 0.2) is 0 Å². The van der Waals surface area contributed by atoms with E-state index in [1.807, 2.05) is 0 Å². The van der Waals surface area contributed by atoms with Crippen LogP contribution in [-0.2, 0) is 19.6 Å². The van der Waals surface area contributed by atoms with Gasteiger partial charge in [0.1, 0.15) is 5.60 Å². The minimum absolute atomic E-state index is 0.00650. The normalized spacial score (nSPS) is 11.7. The highest BCUT2D eigenvalue weighted by Crippen LogP contribution is 2.25. The summed E-state index contributed by atoms with van der Waals surface area (Å²) in [6.07, 6.45) is 0.625. The number of halogens is 1. The number of benzene rings is 2. The molecule has 0 aromatic heterocycles. The van der Waals surface area contributed by atoms with Crippen molar-refractivity contribution in [2.24, 2.45) is 0 Å². The van der Waals surface area contributed by atoms with Gasteiger partial charge in [0.05, 0.1) is 10.6 Å². The number of hydrogen-bond donors (Lipinski definition) is 0. The highest BCUT2D eigenvalue weighted by Gasteiger charge is 2.23. The van der Waals surface area contributed by atoms with Gasteiger partial charge in [0.25, 0.3) is 15.9 Å². The van der Waals surface area contributed by atoms with Crippen LogP contribution in [0.3, 0.4) is 0 Å². The summed E-state index contributed by atoms with van der Waals surface area (Å²) in [6, 6.07) is 12.4. The molecular formula is C23H29ClN2O5S. The molecule has 0 radical (unpaired) electrons. The zero-order valence-corrected chi connectivity index (χ0v) is 20.5. The van der Waals surface area contributed by atoms with Crippen LogP contribution in [0.2, 0.25) is 5.02 Å². The van der Waals surface area contributed by atoms with Crippen molar-refractivity contribution in [1.82, 2.24) is 4.90 Å². The molecule has 0 saturated carbocycles. The molecular weight excluding hydrogens is 452 g/mol. The Balaban J connectivity index is 2.09. The molecule has 2 aromatic rings. The van der Waals surface area contributed by atoms with Crippen LogP contribution in [0.25, 0.3) is 0 Å². The predicted molar refractivity (Wildman–Crippen MR) is 126 cm³/mol. The van der Waals surface area contributed by atoms with Gasteiger partial charge in [-0.1, -0.05) is 23.7 Å². The fourth-order valence-electron chi connectivity index (χ4n) is 2.93. The first-order valence-corrected chi connectivity index (χ1v) is 11.9. The van der Waals surface area contributed by atoms with E-state index in [1.54, 1.807) is 58.2 Å². The van der Waals surface area contributed by atoms with Crippen molar-refractivity contribution in [2.75, 3.05) is 24.9 Å². The van der Waals surface area contributed by atoms with Crippen LogP contribution in [0.1, 0.15) is 44.0 Å². The second-order valence-electron chi connectivity index (χ2n) is 8.40. The third-order valence-corrected chi connectivity index (χ3v) is 6.57. The van der Waals surface area contributed by atoms with E-state index < -0.39 is 15.6 Å². The summed E-state index contributed by atoms with van der Waals surface area (Å²) in [5, 5.41) is 0.418. The molecule has 0 aliphatic rings. The maximum Gasteiger partial charge on any atom is 0.306 e. The van der Waals surface area contributed by atoms with E-state index in [9.17, 15) is 18.0 Å². The number of rotatable bonds is 8. The number of sulfonamides is 1. The quantitative estimate of drug-likeness (QED) is 0.524. The first kappa shape index (κ1) is 25.7. The number of hydrogen-bond acceptors (Lipinski definition) is 5. The van der Waals surface area contributed by atoms with Gasteiger partial charge in [-0.3, -0.25) is 13.9 Å². The van der Waals surface area contributed by atoms with E-state index in [4.69, 9.17) is 16.3 Å². The number of anilines is 1. The molecule has 0 spiro atoms. The van der Waals surface area contributed by atoms with E-state index in [0.717, 1.165) is 4.31 Å². The van der Waals surface area contributed by atoms with Crippen LogP contribution in [0.15, 0.2) is 53.4 Å². The Hall–Kier alpha value is -2.58. The minimum atomic E-state index is -3.89. The smallest absolute Gasteiger partial charge is 0.306 e. The average molecular weight is 481 g/mol. The largest absolute Gasteiger partial charge is 0.460 e. The Bertz CT molecular complexity index is 1080. The molecule has 0 saturated heterocycles.